The monoisotopic (exact) mass is 244 g/mol. The Balaban J connectivity index is 3.37. The molecule has 0 aromatic carbocycles. The van der Waals surface area contributed by atoms with Gasteiger partial charge in [-0.3, -0.25) is 0 Å². The van der Waals surface area contributed by atoms with Crippen LogP contribution in [0.4, 0.5) is 23.2 Å². The van der Waals surface area contributed by atoms with Gasteiger partial charge in [-0.05, 0) is 0 Å². The Morgan fingerprint density at radius 2 is 1.35 bits per heavy atom. The molecule has 0 bridgehead atoms. The minimum atomic E-state index is -1.83. The van der Waals surface area contributed by atoms with Crippen molar-refractivity contribution in [1.29, 1.82) is 10.5 Å². The third-order valence-corrected chi connectivity index (χ3v) is 1.81. The average Bonchev–Trinajstić information content (AvgIpc) is 2.27. The smallest absolute Gasteiger partial charge is 0.253 e. The fraction of sp³-hybridized carbons (Fsp3) is 0.222. The Kier molecular flexibility index (Phi) is 3.83. The van der Waals surface area contributed by atoms with Crippen LogP contribution in [0.1, 0.15) is 0 Å². The molecular weight excluding hydrogens is 240 g/mol. The van der Waals surface area contributed by atoms with Gasteiger partial charge in [0.25, 0.3) is 11.9 Å². The lowest BCUT2D eigenvalue weighted by atomic mass is 10.3. The molecule has 17 heavy (non-hydrogen) atoms. The van der Waals surface area contributed by atoms with Gasteiger partial charge in [0.1, 0.15) is 18.8 Å². The Hall–Kier alpha value is -2.35. The maximum atomic E-state index is 13.2. The first-order valence-electron chi connectivity index (χ1n) is 4.21. The van der Waals surface area contributed by atoms with E-state index in [4.69, 9.17) is 10.5 Å². The van der Waals surface area contributed by atoms with Crippen LogP contribution in [0.3, 0.4) is 0 Å². The van der Waals surface area contributed by atoms with E-state index in [1.165, 1.54) is 12.1 Å². The van der Waals surface area contributed by atoms with Crippen molar-refractivity contribution < 1.29 is 17.6 Å². The molecular formula is C9H4F4N4. The summed E-state index contributed by atoms with van der Waals surface area (Å²) in [4.78, 5) is 2.93. The van der Waals surface area contributed by atoms with E-state index in [0.717, 1.165) is 0 Å². The van der Waals surface area contributed by atoms with Crippen LogP contribution in [-0.2, 0) is 0 Å². The Labute approximate surface area is 93.3 Å². The summed E-state index contributed by atoms with van der Waals surface area (Å²) in [6.07, 6.45) is 0. The highest BCUT2D eigenvalue weighted by molar-refractivity contribution is 5.50. The number of rotatable bonds is 3. The van der Waals surface area contributed by atoms with Crippen LogP contribution >= 0.6 is 0 Å². The fourth-order valence-corrected chi connectivity index (χ4v) is 1.14. The maximum absolute atomic E-state index is 13.2. The molecule has 0 aliphatic rings. The molecule has 0 saturated carbocycles. The predicted molar refractivity (Wildman–Crippen MR) is 47.5 cm³/mol. The van der Waals surface area contributed by atoms with Gasteiger partial charge in [-0.25, -0.2) is 0 Å². The summed E-state index contributed by atoms with van der Waals surface area (Å²) >= 11 is 0. The molecule has 0 aliphatic heterocycles. The van der Waals surface area contributed by atoms with E-state index < -0.39 is 42.3 Å². The quantitative estimate of drug-likeness (QED) is 0.459. The molecule has 1 aromatic heterocycles. The van der Waals surface area contributed by atoms with Gasteiger partial charge in [0.15, 0.2) is 0 Å². The zero-order valence-electron chi connectivity index (χ0n) is 8.21. The molecule has 1 heterocycles. The Morgan fingerprint density at radius 1 is 0.941 bits per heavy atom. The van der Waals surface area contributed by atoms with Gasteiger partial charge in [-0.2, -0.15) is 33.1 Å². The molecule has 0 saturated heterocycles. The SMILES string of the molecule is N#CCN(CC#N)c1c(F)c(F)nc(F)c1F. The van der Waals surface area contributed by atoms with Crippen LogP contribution in [0, 0.1) is 46.2 Å². The van der Waals surface area contributed by atoms with Gasteiger partial charge >= 0.3 is 0 Å². The second kappa shape index (κ2) is 5.12. The summed E-state index contributed by atoms with van der Waals surface area (Å²) < 4.78 is 52.0. The van der Waals surface area contributed by atoms with Crippen molar-refractivity contribution in [3.63, 3.8) is 0 Å². The number of pyridine rings is 1. The highest BCUT2D eigenvalue weighted by Gasteiger charge is 2.25. The van der Waals surface area contributed by atoms with E-state index in [9.17, 15) is 17.6 Å². The minimum absolute atomic E-state index is 0.568. The number of hydrogen-bond donors (Lipinski definition) is 0. The lowest BCUT2D eigenvalue weighted by molar-refractivity contribution is 0.407. The maximum Gasteiger partial charge on any atom is 0.253 e. The van der Waals surface area contributed by atoms with Crippen molar-refractivity contribution in [2.24, 2.45) is 0 Å². The molecule has 0 aliphatic carbocycles. The predicted octanol–water partition coefficient (Wildman–Crippen LogP) is 1.49. The minimum Gasteiger partial charge on any atom is -0.340 e. The standard InChI is InChI=1S/C9H4F4N4/c10-5-7(17(3-1-14)4-2-15)6(11)9(13)16-8(5)12/h3-4H2. The first-order valence-corrected chi connectivity index (χ1v) is 4.21. The summed E-state index contributed by atoms with van der Waals surface area (Å²) in [5, 5.41) is 16.8. The van der Waals surface area contributed by atoms with Crippen LogP contribution in [0.15, 0.2) is 0 Å². The van der Waals surface area contributed by atoms with Crippen molar-refractivity contribution in [2.75, 3.05) is 18.0 Å². The molecule has 0 atom stereocenters. The summed E-state index contributed by atoms with van der Waals surface area (Å²) in [6, 6.07) is 3.04. The lowest BCUT2D eigenvalue weighted by Crippen LogP contribution is -2.27. The molecule has 4 nitrogen and oxygen atoms in total. The Bertz CT molecular complexity index is 475. The lowest BCUT2D eigenvalue weighted by Gasteiger charge is -2.19. The van der Waals surface area contributed by atoms with Crippen molar-refractivity contribution in [3.05, 3.63) is 23.5 Å². The van der Waals surface area contributed by atoms with Crippen LogP contribution < -0.4 is 4.90 Å². The molecule has 88 valence electrons. The number of halogens is 4. The summed E-state index contributed by atoms with van der Waals surface area (Å²) in [5.74, 6) is -7.15. The number of aromatic nitrogens is 1. The molecule has 1 rings (SSSR count). The molecule has 1 aromatic rings. The summed E-state index contributed by atoms with van der Waals surface area (Å²) in [7, 11) is 0. The van der Waals surface area contributed by atoms with Crippen molar-refractivity contribution >= 4 is 5.69 Å². The number of anilines is 1. The molecule has 0 unspecified atom stereocenters. The molecule has 0 N–H and O–H groups in total. The molecule has 0 radical (unpaired) electrons. The van der Waals surface area contributed by atoms with Gasteiger partial charge in [0.2, 0.25) is 11.6 Å². The fourth-order valence-electron chi connectivity index (χ4n) is 1.14. The van der Waals surface area contributed by atoms with Crippen molar-refractivity contribution in [1.82, 2.24) is 4.98 Å². The first-order chi connectivity index (χ1) is 8.02. The zero-order valence-corrected chi connectivity index (χ0v) is 8.21. The molecule has 0 fully saturated rings. The van der Waals surface area contributed by atoms with Crippen LogP contribution in [0.5, 0.6) is 0 Å². The van der Waals surface area contributed by atoms with Gasteiger partial charge in [-0.1, -0.05) is 0 Å². The normalized spacial score (nSPS) is 9.53. The van der Waals surface area contributed by atoms with E-state index in [-0.39, 0.29) is 0 Å². The zero-order chi connectivity index (χ0) is 13.0. The van der Waals surface area contributed by atoms with E-state index in [0.29, 0.717) is 4.90 Å². The first kappa shape index (κ1) is 12.7. The molecule has 8 heteroatoms. The summed E-state index contributed by atoms with van der Waals surface area (Å²) in [6.45, 7) is -1.19. The third-order valence-electron chi connectivity index (χ3n) is 1.81. The van der Waals surface area contributed by atoms with Gasteiger partial charge in [0, 0.05) is 0 Å². The molecule has 0 spiro atoms. The third kappa shape index (κ3) is 2.42. The van der Waals surface area contributed by atoms with Crippen LogP contribution in [0.2, 0.25) is 0 Å². The van der Waals surface area contributed by atoms with Gasteiger partial charge < -0.3 is 4.90 Å². The second-order valence-electron chi connectivity index (χ2n) is 2.84. The van der Waals surface area contributed by atoms with E-state index >= 15 is 0 Å². The largest absolute Gasteiger partial charge is 0.340 e. The van der Waals surface area contributed by atoms with Crippen LogP contribution in [-0.4, -0.2) is 18.1 Å². The van der Waals surface area contributed by atoms with E-state index in [1.807, 2.05) is 0 Å². The average molecular weight is 244 g/mol. The summed E-state index contributed by atoms with van der Waals surface area (Å²) in [5.41, 5.74) is -1.11. The number of hydrogen-bond acceptors (Lipinski definition) is 4. The number of nitrogens with zero attached hydrogens (tertiary/aromatic N) is 4. The van der Waals surface area contributed by atoms with Gasteiger partial charge in [-0.15, -0.1) is 0 Å². The van der Waals surface area contributed by atoms with Crippen molar-refractivity contribution in [3.8, 4) is 12.1 Å². The topological polar surface area (TPSA) is 63.7 Å². The van der Waals surface area contributed by atoms with Crippen LogP contribution in [0.25, 0.3) is 0 Å². The van der Waals surface area contributed by atoms with Gasteiger partial charge in [0.05, 0.1) is 12.1 Å². The van der Waals surface area contributed by atoms with Crippen molar-refractivity contribution in [2.45, 2.75) is 0 Å². The van der Waals surface area contributed by atoms with E-state index in [1.54, 1.807) is 0 Å². The highest BCUT2D eigenvalue weighted by atomic mass is 19.2. The second-order valence-corrected chi connectivity index (χ2v) is 2.84. The number of nitriles is 2. The molecule has 0 amide bonds. The Morgan fingerprint density at radius 3 is 1.71 bits per heavy atom. The highest BCUT2D eigenvalue weighted by Crippen LogP contribution is 2.25. The van der Waals surface area contributed by atoms with E-state index in [2.05, 4.69) is 4.98 Å².